The molecule has 0 heterocycles. The van der Waals surface area contributed by atoms with Crippen LogP contribution in [0.4, 0.5) is 0 Å². The Morgan fingerprint density at radius 3 is 2.33 bits per heavy atom. The van der Waals surface area contributed by atoms with Gasteiger partial charge in [-0.2, -0.15) is 0 Å². The minimum atomic E-state index is -0.0269. The minimum absolute atomic E-state index is 0.0131. The quantitative estimate of drug-likeness (QED) is 0.780. The van der Waals surface area contributed by atoms with Gasteiger partial charge in [0, 0.05) is 11.1 Å². The minimum Gasteiger partial charge on any atom is -0.348 e. The van der Waals surface area contributed by atoms with Crippen LogP contribution < -0.4 is 10.6 Å². The van der Waals surface area contributed by atoms with Crippen LogP contribution in [0.3, 0.4) is 0 Å². The highest BCUT2D eigenvalue weighted by Gasteiger charge is 2.13. The lowest BCUT2D eigenvalue weighted by atomic mass is 10.0. The lowest BCUT2D eigenvalue weighted by Crippen LogP contribution is -2.36. The van der Waals surface area contributed by atoms with Crippen molar-refractivity contribution in [1.82, 2.24) is 10.6 Å². The van der Waals surface area contributed by atoms with Gasteiger partial charge in [-0.1, -0.05) is 61.0 Å². The molecule has 0 saturated carbocycles. The summed E-state index contributed by atoms with van der Waals surface area (Å²) in [6.45, 7) is 6.38. The van der Waals surface area contributed by atoms with Crippen molar-refractivity contribution in [2.75, 3.05) is 6.54 Å². The van der Waals surface area contributed by atoms with Crippen LogP contribution in [0.1, 0.15) is 49.5 Å². The van der Waals surface area contributed by atoms with E-state index in [-0.39, 0.29) is 24.5 Å². The summed E-state index contributed by atoms with van der Waals surface area (Å²) in [5.74, 6) is -0.0269. The Labute approximate surface area is 149 Å². The zero-order valence-electron chi connectivity index (χ0n) is 14.5. The van der Waals surface area contributed by atoms with E-state index in [2.05, 4.69) is 41.8 Å². The zero-order chi connectivity index (χ0) is 17.5. The molecule has 2 aromatic carbocycles. The number of hydrogen-bond acceptors (Lipinski definition) is 2. The van der Waals surface area contributed by atoms with Crippen LogP contribution in [0.5, 0.6) is 0 Å². The molecule has 4 heteroatoms. The van der Waals surface area contributed by atoms with Crippen LogP contribution in [0.15, 0.2) is 48.5 Å². The third-order valence-corrected chi connectivity index (χ3v) is 4.55. The molecule has 0 bridgehead atoms. The molecule has 0 aromatic heterocycles. The van der Waals surface area contributed by atoms with Gasteiger partial charge in [0.2, 0.25) is 5.91 Å². The van der Waals surface area contributed by atoms with E-state index in [1.165, 1.54) is 5.56 Å². The Hall–Kier alpha value is -1.84. The van der Waals surface area contributed by atoms with Gasteiger partial charge in [-0.05, 0) is 43.0 Å². The Bertz CT molecular complexity index is 670. The molecule has 3 nitrogen and oxygen atoms in total. The normalized spacial score (nSPS) is 13.3. The van der Waals surface area contributed by atoms with Gasteiger partial charge in [-0.3, -0.25) is 4.79 Å². The van der Waals surface area contributed by atoms with Gasteiger partial charge >= 0.3 is 0 Å². The van der Waals surface area contributed by atoms with Gasteiger partial charge in [-0.25, -0.2) is 0 Å². The maximum absolute atomic E-state index is 12.2. The highest BCUT2D eigenvalue weighted by molar-refractivity contribution is 6.31. The summed E-state index contributed by atoms with van der Waals surface area (Å²) in [4.78, 5) is 12.2. The van der Waals surface area contributed by atoms with Gasteiger partial charge in [0.15, 0.2) is 0 Å². The van der Waals surface area contributed by atoms with Gasteiger partial charge < -0.3 is 10.6 Å². The molecule has 2 atom stereocenters. The average molecular weight is 345 g/mol. The number of halogens is 1. The first-order chi connectivity index (χ1) is 11.5. The fourth-order valence-electron chi connectivity index (χ4n) is 2.60. The standard InChI is InChI=1S/C20H25ClN2O/c1-4-16-9-11-17(12-10-16)14(2)23-20(24)13-22-15(3)18-7-5-6-8-19(18)21/h5-12,14-15,22H,4,13H2,1-3H3,(H,23,24)/t14-,15+/m0/s1. The SMILES string of the molecule is CCc1ccc([C@H](C)NC(=O)CN[C@H](C)c2ccccc2Cl)cc1. The van der Waals surface area contributed by atoms with Crippen molar-refractivity contribution >= 4 is 17.5 Å². The van der Waals surface area contributed by atoms with Gasteiger partial charge in [-0.15, -0.1) is 0 Å². The van der Waals surface area contributed by atoms with Crippen LogP contribution in [0, 0.1) is 0 Å². The maximum atomic E-state index is 12.2. The van der Waals surface area contributed by atoms with Crippen LogP contribution >= 0.6 is 11.6 Å². The van der Waals surface area contributed by atoms with Crippen LogP contribution in [-0.4, -0.2) is 12.5 Å². The molecule has 0 aliphatic rings. The van der Waals surface area contributed by atoms with Crippen molar-refractivity contribution in [3.05, 3.63) is 70.2 Å². The fraction of sp³-hybridized carbons (Fsp3) is 0.350. The highest BCUT2D eigenvalue weighted by Crippen LogP contribution is 2.21. The third-order valence-electron chi connectivity index (χ3n) is 4.21. The van der Waals surface area contributed by atoms with Gasteiger partial charge in [0.05, 0.1) is 12.6 Å². The van der Waals surface area contributed by atoms with Crippen LogP contribution in [0.25, 0.3) is 0 Å². The summed E-state index contributed by atoms with van der Waals surface area (Å²) >= 11 is 6.18. The second kappa shape index (κ2) is 8.86. The first-order valence-corrected chi connectivity index (χ1v) is 8.75. The second-order valence-corrected chi connectivity index (χ2v) is 6.42. The van der Waals surface area contributed by atoms with Crippen molar-refractivity contribution in [3.8, 4) is 0 Å². The van der Waals surface area contributed by atoms with E-state index >= 15 is 0 Å². The van der Waals surface area contributed by atoms with Crippen LogP contribution in [0.2, 0.25) is 5.02 Å². The van der Waals surface area contributed by atoms with Crippen LogP contribution in [-0.2, 0) is 11.2 Å². The Morgan fingerprint density at radius 2 is 1.71 bits per heavy atom. The largest absolute Gasteiger partial charge is 0.348 e. The van der Waals surface area contributed by atoms with Gasteiger partial charge in [0.1, 0.15) is 0 Å². The molecule has 2 aromatic rings. The molecular formula is C20H25ClN2O. The maximum Gasteiger partial charge on any atom is 0.234 e. The summed E-state index contributed by atoms with van der Waals surface area (Å²) in [7, 11) is 0. The fourth-order valence-corrected chi connectivity index (χ4v) is 2.90. The molecule has 0 saturated heterocycles. The number of aryl methyl sites for hydroxylation is 1. The van der Waals surface area contributed by atoms with E-state index in [1.807, 2.05) is 38.1 Å². The molecule has 0 radical (unpaired) electrons. The van der Waals surface area contributed by atoms with Crippen molar-refractivity contribution in [2.45, 2.75) is 39.3 Å². The number of hydrogen-bond donors (Lipinski definition) is 2. The molecule has 128 valence electrons. The molecule has 24 heavy (non-hydrogen) atoms. The monoisotopic (exact) mass is 344 g/mol. The smallest absolute Gasteiger partial charge is 0.234 e. The van der Waals surface area contributed by atoms with E-state index < -0.39 is 0 Å². The number of amides is 1. The summed E-state index contributed by atoms with van der Waals surface area (Å²) in [5.41, 5.74) is 3.40. The van der Waals surface area contributed by atoms with Crippen molar-refractivity contribution in [3.63, 3.8) is 0 Å². The molecular weight excluding hydrogens is 320 g/mol. The number of benzene rings is 2. The zero-order valence-corrected chi connectivity index (χ0v) is 15.2. The molecule has 0 unspecified atom stereocenters. The first-order valence-electron chi connectivity index (χ1n) is 8.37. The summed E-state index contributed by atoms with van der Waals surface area (Å²) in [5, 5.41) is 6.95. The topological polar surface area (TPSA) is 41.1 Å². The van der Waals surface area contributed by atoms with E-state index in [0.717, 1.165) is 17.5 Å². The molecule has 2 rings (SSSR count). The molecule has 0 aliphatic heterocycles. The Morgan fingerprint density at radius 1 is 1.04 bits per heavy atom. The summed E-state index contributed by atoms with van der Waals surface area (Å²) < 4.78 is 0. The van der Waals surface area contributed by atoms with E-state index in [1.54, 1.807) is 0 Å². The van der Waals surface area contributed by atoms with E-state index in [0.29, 0.717) is 5.02 Å². The number of nitrogens with one attached hydrogen (secondary N) is 2. The summed E-state index contributed by atoms with van der Waals surface area (Å²) in [6, 6.07) is 16.0. The highest BCUT2D eigenvalue weighted by atomic mass is 35.5. The number of carbonyl (C=O) groups excluding carboxylic acids is 1. The average Bonchev–Trinajstić information content (AvgIpc) is 2.60. The Kier molecular flexibility index (Phi) is 6.83. The Balaban J connectivity index is 1.85. The molecule has 1 amide bonds. The molecule has 0 fully saturated rings. The van der Waals surface area contributed by atoms with Crippen molar-refractivity contribution in [1.29, 1.82) is 0 Å². The third kappa shape index (κ3) is 5.08. The van der Waals surface area contributed by atoms with Gasteiger partial charge in [0.25, 0.3) is 0 Å². The predicted molar refractivity (Wildman–Crippen MR) is 100 cm³/mol. The van der Waals surface area contributed by atoms with E-state index in [4.69, 9.17) is 11.6 Å². The number of carbonyl (C=O) groups is 1. The van der Waals surface area contributed by atoms with Crippen molar-refractivity contribution < 1.29 is 4.79 Å². The van der Waals surface area contributed by atoms with Crippen molar-refractivity contribution in [2.24, 2.45) is 0 Å². The first kappa shape index (κ1) is 18.5. The predicted octanol–water partition coefficient (Wildman–Crippen LogP) is 4.43. The molecule has 0 spiro atoms. The lowest BCUT2D eigenvalue weighted by molar-refractivity contribution is -0.121. The molecule has 2 N–H and O–H groups in total. The summed E-state index contributed by atoms with van der Waals surface area (Å²) in [6.07, 6.45) is 1.02. The number of rotatable bonds is 7. The lowest BCUT2D eigenvalue weighted by Gasteiger charge is -2.18. The van der Waals surface area contributed by atoms with E-state index in [9.17, 15) is 4.79 Å². The molecule has 0 aliphatic carbocycles. The second-order valence-electron chi connectivity index (χ2n) is 6.01.